The van der Waals surface area contributed by atoms with Crippen LogP contribution in [0, 0.1) is 0 Å². The van der Waals surface area contributed by atoms with E-state index in [-0.39, 0.29) is 6.10 Å². The monoisotopic (exact) mass is 308 g/mol. The molecule has 0 fully saturated rings. The van der Waals surface area contributed by atoms with Crippen molar-refractivity contribution in [2.24, 2.45) is 0 Å². The van der Waals surface area contributed by atoms with Crippen molar-refractivity contribution in [3.8, 4) is 5.75 Å². The van der Waals surface area contributed by atoms with Gasteiger partial charge in [0.2, 0.25) is 0 Å². The van der Waals surface area contributed by atoms with Gasteiger partial charge in [0.1, 0.15) is 12.4 Å². The van der Waals surface area contributed by atoms with E-state index in [1.165, 1.54) is 0 Å². The predicted molar refractivity (Wildman–Crippen MR) is 80.5 cm³/mol. The van der Waals surface area contributed by atoms with Gasteiger partial charge in [0.05, 0.1) is 16.1 Å². The Kier molecular flexibility index (Phi) is 3.88. The summed E-state index contributed by atoms with van der Waals surface area (Å²) in [5.74, 6) is 0.815. The number of aliphatic hydroxyl groups excluding tert-OH is 1. The van der Waals surface area contributed by atoms with Crippen LogP contribution in [0.25, 0.3) is 0 Å². The molecule has 104 valence electrons. The van der Waals surface area contributed by atoms with E-state index in [4.69, 9.17) is 27.9 Å². The molecule has 1 N–H and O–H groups in total. The van der Waals surface area contributed by atoms with Crippen LogP contribution in [0.15, 0.2) is 36.4 Å². The number of hydrogen-bond donors (Lipinski definition) is 1. The van der Waals surface area contributed by atoms with Gasteiger partial charge in [0.25, 0.3) is 0 Å². The molecule has 0 heterocycles. The average Bonchev–Trinajstić information content (AvgIpc) is 2.83. The molecule has 0 amide bonds. The number of rotatable bonds is 3. The highest BCUT2D eigenvalue weighted by Gasteiger charge is 2.23. The Labute approximate surface area is 127 Å². The van der Waals surface area contributed by atoms with Crippen LogP contribution in [0.4, 0.5) is 0 Å². The van der Waals surface area contributed by atoms with Gasteiger partial charge in [-0.05, 0) is 30.5 Å². The van der Waals surface area contributed by atoms with E-state index in [1.54, 1.807) is 6.07 Å². The molecule has 2 aromatic carbocycles. The van der Waals surface area contributed by atoms with Crippen molar-refractivity contribution in [1.29, 1.82) is 0 Å². The first kappa shape index (κ1) is 13.7. The van der Waals surface area contributed by atoms with Gasteiger partial charge in [-0.2, -0.15) is 0 Å². The van der Waals surface area contributed by atoms with Gasteiger partial charge in [-0.1, -0.05) is 47.5 Å². The number of benzene rings is 2. The summed E-state index contributed by atoms with van der Waals surface area (Å²) >= 11 is 12.1. The van der Waals surface area contributed by atoms with Crippen LogP contribution in [0.5, 0.6) is 5.75 Å². The van der Waals surface area contributed by atoms with Gasteiger partial charge >= 0.3 is 0 Å². The maximum absolute atomic E-state index is 9.88. The summed E-state index contributed by atoms with van der Waals surface area (Å²) in [5.41, 5.74) is 2.92. The molecule has 4 heteroatoms. The number of fused-ring (bicyclic) bond motifs is 1. The highest BCUT2D eigenvalue weighted by atomic mass is 35.5. The van der Waals surface area contributed by atoms with Crippen LogP contribution < -0.4 is 4.74 Å². The summed E-state index contributed by atoms with van der Waals surface area (Å²) in [6.45, 7) is 0.367. The first-order valence-electron chi connectivity index (χ1n) is 6.52. The van der Waals surface area contributed by atoms with Crippen molar-refractivity contribution >= 4 is 23.2 Å². The molecule has 2 aromatic rings. The molecule has 0 aromatic heterocycles. The first-order chi connectivity index (χ1) is 9.66. The second kappa shape index (κ2) is 5.65. The van der Waals surface area contributed by atoms with E-state index in [0.29, 0.717) is 16.7 Å². The van der Waals surface area contributed by atoms with Gasteiger partial charge in [0.15, 0.2) is 0 Å². The molecule has 0 saturated carbocycles. The van der Waals surface area contributed by atoms with Crippen molar-refractivity contribution in [3.63, 3.8) is 0 Å². The molecule has 0 spiro atoms. The Hall–Kier alpha value is -1.22. The summed E-state index contributed by atoms with van der Waals surface area (Å²) in [6.07, 6.45) is 1.23. The lowest BCUT2D eigenvalue weighted by Gasteiger charge is -2.12. The van der Waals surface area contributed by atoms with Gasteiger partial charge in [-0.25, -0.2) is 0 Å². The van der Waals surface area contributed by atoms with Crippen molar-refractivity contribution in [2.75, 3.05) is 0 Å². The molecule has 20 heavy (non-hydrogen) atoms. The maximum Gasteiger partial charge on any atom is 0.123 e. The Morgan fingerprint density at radius 2 is 1.95 bits per heavy atom. The van der Waals surface area contributed by atoms with E-state index in [2.05, 4.69) is 0 Å². The molecule has 1 aliphatic carbocycles. The van der Waals surface area contributed by atoms with Crippen molar-refractivity contribution in [1.82, 2.24) is 0 Å². The average molecular weight is 309 g/mol. The highest BCUT2D eigenvalue weighted by Crippen LogP contribution is 2.37. The smallest absolute Gasteiger partial charge is 0.123 e. The molecule has 0 radical (unpaired) electrons. The topological polar surface area (TPSA) is 29.5 Å². The summed E-state index contributed by atoms with van der Waals surface area (Å²) in [7, 11) is 0. The second-order valence-electron chi connectivity index (χ2n) is 4.88. The molecule has 3 rings (SSSR count). The number of aliphatic hydroxyl groups is 1. The summed E-state index contributed by atoms with van der Waals surface area (Å²) in [4.78, 5) is 0. The molecule has 0 bridgehead atoms. The largest absolute Gasteiger partial charge is 0.489 e. The third-order valence-electron chi connectivity index (χ3n) is 3.61. The van der Waals surface area contributed by atoms with Crippen molar-refractivity contribution in [3.05, 3.63) is 63.1 Å². The number of halogens is 2. The molecule has 1 atom stereocenters. The maximum atomic E-state index is 9.88. The molecule has 1 unspecified atom stereocenters. The standard InChI is InChI=1S/C16H14Cl2O2/c17-13-5-1-3-10(16(13)18)9-20-15-6-2-4-11-12(15)7-8-14(11)19/h1-6,14,19H,7-9H2. The molecule has 1 aliphatic rings. The minimum atomic E-state index is -0.372. The van der Waals surface area contributed by atoms with E-state index in [1.807, 2.05) is 30.3 Å². The molecule has 0 saturated heterocycles. The van der Waals surface area contributed by atoms with Crippen LogP contribution in [0.2, 0.25) is 10.0 Å². The lowest BCUT2D eigenvalue weighted by molar-refractivity contribution is 0.180. The Morgan fingerprint density at radius 1 is 1.15 bits per heavy atom. The van der Waals surface area contributed by atoms with Crippen LogP contribution >= 0.6 is 23.2 Å². The van der Waals surface area contributed by atoms with Crippen LogP contribution in [0.3, 0.4) is 0 Å². The Bertz CT molecular complexity index is 640. The SMILES string of the molecule is OC1CCc2c(OCc3cccc(Cl)c3Cl)cccc21. The Morgan fingerprint density at radius 3 is 2.80 bits per heavy atom. The lowest BCUT2D eigenvalue weighted by Crippen LogP contribution is -1.99. The fourth-order valence-corrected chi connectivity index (χ4v) is 2.92. The summed E-state index contributed by atoms with van der Waals surface area (Å²) < 4.78 is 5.86. The molecule has 0 aliphatic heterocycles. The zero-order chi connectivity index (χ0) is 14.1. The van der Waals surface area contributed by atoms with E-state index < -0.39 is 0 Å². The normalized spacial score (nSPS) is 17.1. The zero-order valence-electron chi connectivity index (χ0n) is 10.8. The van der Waals surface area contributed by atoms with Crippen LogP contribution in [-0.2, 0) is 13.0 Å². The second-order valence-corrected chi connectivity index (χ2v) is 5.67. The van der Waals surface area contributed by atoms with Gasteiger partial charge in [-0.15, -0.1) is 0 Å². The fraction of sp³-hybridized carbons (Fsp3) is 0.250. The predicted octanol–water partition coefficient (Wildman–Crippen LogP) is 4.55. The van der Waals surface area contributed by atoms with E-state index in [0.717, 1.165) is 35.3 Å². The summed E-state index contributed by atoms with van der Waals surface area (Å²) in [6, 6.07) is 11.3. The minimum absolute atomic E-state index is 0.367. The zero-order valence-corrected chi connectivity index (χ0v) is 12.3. The summed E-state index contributed by atoms with van der Waals surface area (Å²) in [5, 5.41) is 10.9. The van der Waals surface area contributed by atoms with Crippen LogP contribution in [-0.4, -0.2) is 5.11 Å². The minimum Gasteiger partial charge on any atom is -0.489 e. The van der Waals surface area contributed by atoms with Crippen LogP contribution in [0.1, 0.15) is 29.2 Å². The van der Waals surface area contributed by atoms with Gasteiger partial charge < -0.3 is 9.84 Å². The number of hydrogen-bond acceptors (Lipinski definition) is 2. The Balaban J connectivity index is 1.81. The van der Waals surface area contributed by atoms with Crippen molar-refractivity contribution in [2.45, 2.75) is 25.6 Å². The quantitative estimate of drug-likeness (QED) is 0.901. The first-order valence-corrected chi connectivity index (χ1v) is 7.28. The third kappa shape index (κ3) is 2.51. The fourth-order valence-electron chi connectivity index (χ4n) is 2.55. The molecule has 2 nitrogen and oxygen atoms in total. The molecular formula is C16H14Cl2O2. The third-order valence-corrected chi connectivity index (χ3v) is 4.47. The molecular weight excluding hydrogens is 295 g/mol. The van der Waals surface area contributed by atoms with Crippen molar-refractivity contribution < 1.29 is 9.84 Å². The van der Waals surface area contributed by atoms with E-state index >= 15 is 0 Å². The number of ether oxygens (including phenoxy) is 1. The highest BCUT2D eigenvalue weighted by molar-refractivity contribution is 6.42. The van der Waals surface area contributed by atoms with Gasteiger partial charge in [-0.3, -0.25) is 0 Å². The lowest BCUT2D eigenvalue weighted by atomic mass is 10.1. The van der Waals surface area contributed by atoms with Gasteiger partial charge in [0, 0.05) is 11.1 Å². The van der Waals surface area contributed by atoms with E-state index in [9.17, 15) is 5.11 Å².